The summed E-state index contributed by atoms with van der Waals surface area (Å²) in [5, 5.41) is 3.96. The van der Waals surface area contributed by atoms with E-state index in [0.717, 1.165) is 10.0 Å². The molecule has 2 aromatic rings. The lowest BCUT2D eigenvalue weighted by atomic mass is 10.2. The molecule has 0 saturated carbocycles. The third kappa shape index (κ3) is 5.01. The number of carbonyl (C=O) groups excluding carboxylic acids is 1. The molecule has 26 heavy (non-hydrogen) atoms. The first-order valence-electron chi connectivity index (χ1n) is 7.50. The Morgan fingerprint density at radius 1 is 1.19 bits per heavy atom. The number of ether oxygens (including phenoxy) is 3. The number of terminal acetylenes is 1. The molecule has 0 aromatic heterocycles. The predicted octanol–water partition coefficient (Wildman–Crippen LogP) is 3.24. The van der Waals surface area contributed by atoms with Crippen molar-refractivity contribution in [1.29, 1.82) is 0 Å². The summed E-state index contributed by atoms with van der Waals surface area (Å²) in [7, 11) is 3.04. The monoisotopic (exact) mass is 416 g/mol. The first-order valence-corrected chi connectivity index (χ1v) is 8.29. The summed E-state index contributed by atoms with van der Waals surface area (Å²) < 4.78 is 16.4. The van der Waals surface area contributed by atoms with Gasteiger partial charge in [-0.3, -0.25) is 4.79 Å². The molecule has 1 N–H and O–H groups in total. The summed E-state index contributed by atoms with van der Waals surface area (Å²) in [6, 6.07) is 10.2. The maximum absolute atomic E-state index is 12.2. The Kier molecular flexibility index (Phi) is 7.06. The lowest BCUT2D eigenvalue weighted by Gasteiger charge is -2.08. The number of amides is 1. The van der Waals surface area contributed by atoms with Crippen molar-refractivity contribution >= 4 is 28.1 Å². The standard InChI is InChI=1S/C19H17BrN2O4/c1-4-9-26-16-7-5-13(10-15(16)20)12-21-22-19(23)14-6-8-17(24-2)18(11-14)25-3/h1,5-8,10-12H,9H2,2-3H3,(H,22,23)/b21-12+. The Morgan fingerprint density at radius 3 is 2.58 bits per heavy atom. The highest BCUT2D eigenvalue weighted by atomic mass is 79.9. The van der Waals surface area contributed by atoms with Gasteiger partial charge in [0, 0.05) is 5.56 Å². The maximum atomic E-state index is 12.2. The van der Waals surface area contributed by atoms with Crippen LogP contribution < -0.4 is 19.6 Å². The van der Waals surface area contributed by atoms with E-state index in [1.807, 2.05) is 0 Å². The highest BCUT2D eigenvalue weighted by Gasteiger charge is 2.10. The van der Waals surface area contributed by atoms with Crippen LogP contribution in [0.15, 0.2) is 46.0 Å². The van der Waals surface area contributed by atoms with Gasteiger partial charge >= 0.3 is 0 Å². The van der Waals surface area contributed by atoms with Crippen LogP contribution >= 0.6 is 15.9 Å². The van der Waals surface area contributed by atoms with Gasteiger partial charge in [0.1, 0.15) is 12.4 Å². The zero-order valence-electron chi connectivity index (χ0n) is 14.3. The summed E-state index contributed by atoms with van der Waals surface area (Å²) in [5.74, 6) is 3.68. The Morgan fingerprint density at radius 2 is 1.92 bits per heavy atom. The largest absolute Gasteiger partial charge is 0.493 e. The van der Waals surface area contributed by atoms with Crippen LogP contribution in [-0.2, 0) is 0 Å². The van der Waals surface area contributed by atoms with Crippen LogP contribution in [0.25, 0.3) is 0 Å². The van der Waals surface area contributed by atoms with Crippen molar-refractivity contribution in [1.82, 2.24) is 5.43 Å². The summed E-state index contributed by atoms with van der Waals surface area (Å²) in [6.45, 7) is 0.188. The van der Waals surface area contributed by atoms with Gasteiger partial charge in [0.2, 0.25) is 0 Å². The highest BCUT2D eigenvalue weighted by molar-refractivity contribution is 9.10. The topological polar surface area (TPSA) is 69.2 Å². The number of hydrazone groups is 1. The molecule has 0 spiro atoms. The van der Waals surface area contributed by atoms with Gasteiger partial charge in [0.15, 0.2) is 11.5 Å². The van der Waals surface area contributed by atoms with E-state index in [1.54, 1.807) is 36.4 Å². The first-order chi connectivity index (χ1) is 12.6. The Balaban J connectivity index is 2.03. The van der Waals surface area contributed by atoms with Crippen LogP contribution in [0.4, 0.5) is 0 Å². The average Bonchev–Trinajstić information content (AvgIpc) is 2.66. The molecular formula is C19H17BrN2O4. The minimum Gasteiger partial charge on any atom is -0.493 e. The van der Waals surface area contributed by atoms with Gasteiger partial charge in [-0.25, -0.2) is 5.43 Å². The third-order valence-electron chi connectivity index (χ3n) is 3.29. The van der Waals surface area contributed by atoms with E-state index in [9.17, 15) is 4.79 Å². The van der Waals surface area contributed by atoms with Gasteiger partial charge < -0.3 is 14.2 Å². The number of nitrogens with one attached hydrogen (secondary N) is 1. The Hall–Kier alpha value is -2.98. The van der Waals surface area contributed by atoms with Crippen molar-refractivity contribution in [2.45, 2.75) is 0 Å². The van der Waals surface area contributed by atoms with Crippen LogP contribution in [0.2, 0.25) is 0 Å². The molecule has 6 nitrogen and oxygen atoms in total. The molecule has 7 heteroatoms. The number of rotatable bonds is 7. The highest BCUT2D eigenvalue weighted by Crippen LogP contribution is 2.27. The molecule has 0 radical (unpaired) electrons. The number of methoxy groups -OCH3 is 2. The fourth-order valence-electron chi connectivity index (χ4n) is 2.04. The molecule has 0 bridgehead atoms. The quantitative estimate of drug-likeness (QED) is 0.427. The maximum Gasteiger partial charge on any atom is 0.271 e. The molecule has 2 aromatic carbocycles. The van der Waals surface area contributed by atoms with Gasteiger partial charge in [-0.2, -0.15) is 5.10 Å². The second-order valence-electron chi connectivity index (χ2n) is 4.95. The van der Waals surface area contributed by atoms with Gasteiger partial charge in [-0.1, -0.05) is 5.92 Å². The molecule has 1 amide bonds. The number of carbonyl (C=O) groups is 1. The van der Waals surface area contributed by atoms with E-state index in [-0.39, 0.29) is 12.5 Å². The van der Waals surface area contributed by atoms with Crippen molar-refractivity contribution in [3.05, 3.63) is 52.0 Å². The van der Waals surface area contributed by atoms with Gasteiger partial charge in [0.25, 0.3) is 5.91 Å². The normalized spacial score (nSPS) is 10.2. The summed E-state index contributed by atoms with van der Waals surface area (Å²) in [5.41, 5.74) is 3.64. The van der Waals surface area contributed by atoms with Crippen molar-refractivity contribution in [2.24, 2.45) is 5.10 Å². The number of nitrogens with zero attached hydrogens (tertiary/aromatic N) is 1. The van der Waals surface area contributed by atoms with Crippen LogP contribution in [-0.4, -0.2) is 32.9 Å². The van der Waals surface area contributed by atoms with Crippen molar-refractivity contribution in [3.63, 3.8) is 0 Å². The number of halogens is 1. The molecule has 0 aliphatic heterocycles. The van der Waals surface area contributed by atoms with E-state index >= 15 is 0 Å². The second kappa shape index (κ2) is 9.49. The van der Waals surface area contributed by atoms with E-state index in [1.165, 1.54) is 20.4 Å². The average molecular weight is 417 g/mol. The van der Waals surface area contributed by atoms with Crippen LogP contribution in [0, 0.1) is 12.3 Å². The van der Waals surface area contributed by atoms with Gasteiger partial charge in [-0.05, 0) is 57.9 Å². The summed E-state index contributed by atoms with van der Waals surface area (Å²) >= 11 is 3.40. The predicted molar refractivity (Wildman–Crippen MR) is 103 cm³/mol. The third-order valence-corrected chi connectivity index (χ3v) is 3.91. The van der Waals surface area contributed by atoms with E-state index in [2.05, 4.69) is 32.4 Å². The van der Waals surface area contributed by atoms with Crippen LogP contribution in [0.5, 0.6) is 17.2 Å². The molecule has 134 valence electrons. The van der Waals surface area contributed by atoms with Crippen molar-refractivity contribution in [3.8, 4) is 29.6 Å². The zero-order chi connectivity index (χ0) is 18.9. The number of hydrogen-bond donors (Lipinski definition) is 1. The molecule has 0 fully saturated rings. The molecule has 0 aliphatic carbocycles. The lowest BCUT2D eigenvalue weighted by Crippen LogP contribution is -2.17. The van der Waals surface area contributed by atoms with Crippen LogP contribution in [0.1, 0.15) is 15.9 Å². The fraction of sp³-hybridized carbons (Fsp3) is 0.158. The molecule has 0 unspecified atom stereocenters. The molecular weight excluding hydrogens is 400 g/mol. The van der Waals surface area contributed by atoms with E-state index in [4.69, 9.17) is 20.6 Å². The van der Waals surface area contributed by atoms with Crippen LogP contribution in [0.3, 0.4) is 0 Å². The van der Waals surface area contributed by atoms with E-state index in [0.29, 0.717) is 22.8 Å². The molecule has 0 aliphatic rings. The first kappa shape index (κ1) is 19.3. The molecule has 0 saturated heterocycles. The second-order valence-corrected chi connectivity index (χ2v) is 5.81. The molecule has 2 rings (SSSR count). The molecule has 0 heterocycles. The minimum atomic E-state index is -0.366. The smallest absolute Gasteiger partial charge is 0.271 e. The van der Waals surface area contributed by atoms with Crippen molar-refractivity contribution in [2.75, 3.05) is 20.8 Å². The van der Waals surface area contributed by atoms with Gasteiger partial charge in [0.05, 0.1) is 24.9 Å². The SMILES string of the molecule is C#CCOc1ccc(/C=N/NC(=O)c2ccc(OC)c(OC)c2)cc1Br. The Labute approximate surface area is 160 Å². The van der Waals surface area contributed by atoms with Gasteiger partial charge in [-0.15, -0.1) is 6.42 Å². The summed E-state index contributed by atoms with van der Waals surface area (Å²) in [4.78, 5) is 12.2. The zero-order valence-corrected chi connectivity index (χ0v) is 15.9. The Bertz CT molecular complexity index is 859. The molecule has 0 atom stereocenters. The summed E-state index contributed by atoms with van der Waals surface area (Å²) in [6.07, 6.45) is 6.69. The number of hydrogen-bond acceptors (Lipinski definition) is 5. The lowest BCUT2D eigenvalue weighted by molar-refractivity contribution is 0.0954. The van der Waals surface area contributed by atoms with E-state index < -0.39 is 0 Å². The van der Waals surface area contributed by atoms with Crippen molar-refractivity contribution < 1.29 is 19.0 Å². The fourth-order valence-corrected chi connectivity index (χ4v) is 2.55. The minimum absolute atomic E-state index is 0.188. The number of benzene rings is 2.